The molecule has 0 fully saturated rings. The van der Waals surface area contributed by atoms with Crippen LogP contribution in [0.15, 0.2) is 28.7 Å². The normalized spacial score (nSPS) is 11.6. The van der Waals surface area contributed by atoms with Gasteiger partial charge in [-0.05, 0) is 31.2 Å². The fourth-order valence-electron chi connectivity index (χ4n) is 0.794. The molecule has 0 saturated heterocycles. The predicted molar refractivity (Wildman–Crippen MR) is 60.5 cm³/mol. The average molecular weight is 267 g/mol. The van der Waals surface area contributed by atoms with Crippen LogP contribution in [0.25, 0.3) is 0 Å². The topological polar surface area (TPSA) is 35.2 Å². The molecular weight excluding hydrogens is 253 g/mol. The van der Waals surface area contributed by atoms with Gasteiger partial charge in [-0.1, -0.05) is 15.9 Å². The smallest absolute Gasteiger partial charge is 0.119 e. The second-order valence-electron chi connectivity index (χ2n) is 2.62. The maximum Gasteiger partial charge on any atom is 0.119 e. The van der Waals surface area contributed by atoms with Crippen molar-refractivity contribution < 1.29 is 4.74 Å². The lowest BCUT2D eigenvalue weighted by molar-refractivity contribution is 0.230. The van der Waals surface area contributed by atoms with Crippen LogP contribution >= 0.6 is 28.3 Å². The quantitative estimate of drug-likeness (QED) is 0.913. The number of ether oxygens (including phenoxy) is 1. The van der Waals surface area contributed by atoms with Crippen molar-refractivity contribution in [2.75, 3.05) is 6.54 Å². The number of rotatable bonds is 3. The first-order valence-corrected chi connectivity index (χ1v) is 4.64. The van der Waals surface area contributed by atoms with Gasteiger partial charge in [-0.15, -0.1) is 12.4 Å². The van der Waals surface area contributed by atoms with Gasteiger partial charge < -0.3 is 10.5 Å². The van der Waals surface area contributed by atoms with Crippen LogP contribution in [0.1, 0.15) is 6.92 Å². The molecule has 1 aromatic carbocycles. The highest BCUT2D eigenvalue weighted by Gasteiger charge is 1.99. The van der Waals surface area contributed by atoms with Gasteiger partial charge in [0.2, 0.25) is 0 Å². The maximum absolute atomic E-state index is 5.47. The molecule has 0 aliphatic carbocycles. The van der Waals surface area contributed by atoms with Crippen LogP contribution in [-0.4, -0.2) is 12.6 Å². The minimum atomic E-state index is 0. The highest BCUT2D eigenvalue weighted by Crippen LogP contribution is 2.16. The van der Waals surface area contributed by atoms with Crippen molar-refractivity contribution in [2.24, 2.45) is 5.73 Å². The number of hydrogen-bond acceptors (Lipinski definition) is 2. The summed E-state index contributed by atoms with van der Waals surface area (Å²) in [5.41, 5.74) is 5.42. The van der Waals surface area contributed by atoms with Gasteiger partial charge in [0.25, 0.3) is 0 Å². The van der Waals surface area contributed by atoms with E-state index >= 15 is 0 Å². The lowest BCUT2D eigenvalue weighted by Gasteiger charge is -2.11. The summed E-state index contributed by atoms with van der Waals surface area (Å²) < 4.78 is 6.52. The molecular formula is C9H13BrClNO. The van der Waals surface area contributed by atoms with E-state index in [0.717, 1.165) is 10.2 Å². The number of nitrogens with two attached hydrogens (primary N) is 1. The Morgan fingerprint density at radius 2 is 1.92 bits per heavy atom. The fourth-order valence-corrected chi connectivity index (χ4v) is 1.06. The summed E-state index contributed by atoms with van der Waals surface area (Å²) >= 11 is 3.35. The van der Waals surface area contributed by atoms with Crippen molar-refractivity contribution in [1.29, 1.82) is 0 Å². The van der Waals surface area contributed by atoms with Crippen molar-refractivity contribution >= 4 is 28.3 Å². The molecule has 1 rings (SSSR count). The fraction of sp³-hybridized carbons (Fsp3) is 0.333. The van der Waals surface area contributed by atoms with Crippen molar-refractivity contribution in [1.82, 2.24) is 0 Å². The standard InChI is InChI=1S/C9H12BrNO.ClH/c1-7(6-11)12-9-4-2-8(10)3-5-9;/h2-5,7H,6,11H2,1H3;1H/t7-;/m0./s1. The third-order valence-electron chi connectivity index (χ3n) is 1.48. The molecule has 74 valence electrons. The Morgan fingerprint density at radius 1 is 1.38 bits per heavy atom. The molecule has 0 amide bonds. The Bertz CT molecular complexity index is 240. The van der Waals surface area contributed by atoms with E-state index in [1.54, 1.807) is 0 Å². The van der Waals surface area contributed by atoms with Gasteiger partial charge in [-0.2, -0.15) is 0 Å². The van der Waals surface area contributed by atoms with Crippen LogP contribution < -0.4 is 10.5 Å². The first-order chi connectivity index (χ1) is 5.72. The molecule has 0 aliphatic heterocycles. The summed E-state index contributed by atoms with van der Waals surface area (Å²) in [7, 11) is 0. The van der Waals surface area contributed by atoms with E-state index in [-0.39, 0.29) is 18.5 Å². The van der Waals surface area contributed by atoms with E-state index in [1.165, 1.54) is 0 Å². The van der Waals surface area contributed by atoms with E-state index in [4.69, 9.17) is 10.5 Å². The van der Waals surface area contributed by atoms with Crippen LogP contribution in [0.5, 0.6) is 5.75 Å². The minimum absolute atomic E-state index is 0. The van der Waals surface area contributed by atoms with Gasteiger partial charge in [0.1, 0.15) is 11.9 Å². The van der Waals surface area contributed by atoms with Crippen LogP contribution in [0.2, 0.25) is 0 Å². The van der Waals surface area contributed by atoms with Crippen molar-refractivity contribution in [3.05, 3.63) is 28.7 Å². The summed E-state index contributed by atoms with van der Waals surface area (Å²) in [6.07, 6.45) is 0.0752. The third-order valence-corrected chi connectivity index (χ3v) is 2.01. The largest absolute Gasteiger partial charge is 0.489 e. The minimum Gasteiger partial charge on any atom is -0.489 e. The highest BCUT2D eigenvalue weighted by atomic mass is 79.9. The highest BCUT2D eigenvalue weighted by molar-refractivity contribution is 9.10. The molecule has 0 bridgehead atoms. The molecule has 4 heteroatoms. The Labute approximate surface area is 93.0 Å². The summed E-state index contributed by atoms with van der Waals surface area (Å²) in [5.74, 6) is 0.858. The second kappa shape index (κ2) is 6.24. The molecule has 0 saturated carbocycles. The molecule has 2 nitrogen and oxygen atoms in total. The molecule has 0 aromatic heterocycles. The Hall–Kier alpha value is -0.250. The first-order valence-electron chi connectivity index (χ1n) is 3.84. The molecule has 1 atom stereocenters. The molecule has 0 aliphatic rings. The first kappa shape index (κ1) is 12.8. The zero-order chi connectivity index (χ0) is 8.97. The van der Waals surface area contributed by atoms with Crippen LogP contribution in [-0.2, 0) is 0 Å². The van der Waals surface area contributed by atoms with Crippen molar-refractivity contribution in [2.45, 2.75) is 13.0 Å². The zero-order valence-electron chi connectivity index (χ0n) is 7.37. The van der Waals surface area contributed by atoms with Crippen LogP contribution in [0.4, 0.5) is 0 Å². The van der Waals surface area contributed by atoms with Crippen molar-refractivity contribution in [3.8, 4) is 5.75 Å². The van der Waals surface area contributed by atoms with E-state index in [2.05, 4.69) is 15.9 Å². The molecule has 0 unspecified atom stereocenters. The molecule has 0 radical (unpaired) electrons. The summed E-state index contributed by atoms with van der Waals surface area (Å²) in [5, 5.41) is 0. The molecule has 1 aromatic rings. The lowest BCUT2D eigenvalue weighted by Crippen LogP contribution is -2.22. The van der Waals surface area contributed by atoms with Crippen LogP contribution in [0.3, 0.4) is 0 Å². The summed E-state index contributed by atoms with van der Waals surface area (Å²) in [4.78, 5) is 0. The Kier molecular flexibility index (Phi) is 6.12. The van der Waals surface area contributed by atoms with Gasteiger partial charge in [-0.3, -0.25) is 0 Å². The Morgan fingerprint density at radius 3 is 2.38 bits per heavy atom. The van der Waals surface area contributed by atoms with Gasteiger partial charge in [0, 0.05) is 11.0 Å². The summed E-state index contributed by atoms with van der Waals surface area (Å²) in [6.45, 7) is 2.48. The molecule has 0 spiro atoms. The van der Waals surface area contributed by atoms with E-state index < -0.39 is 0 Å². The molecule has 0 heterocycles. The molecule has 13 heavy (non-hydrogen) atoms. The number of hydrogen-bond donors (Lipinski definition) is 1. The number of halogens is 2. The summed E-state index contributed by atoms with van der Waals surface area (Å²) in [6, 6.07) is 7.71. The van der Waals surface area contributed by atoms with Gasteiger partial charge in [0.15, 0.2) is 0 Å². The van der Waals surface area contributed by atoms with E-state index in [1.807, 2.05) is 31.2 Å². The van der Waals surface area contributed by atoms with Gasteiger partial charge in [0.05, 0.1) is 0 Å². The van der Waals surface area contributed by atoms with E-state index in [9.17, 15) is 0 Å². The monoisotopic (exact) mass is 265 g/mol. The third kappa shape index (κ3) is 4.50. The van der Waals surface area contributed by atoms with Gasteiger partial charge >= 0.3 is 0 Å². The lowest BCUT2D eigenvalue weighted by atomic mass is 10.3. The number of benzene rings is 1. The predicted octanol–water partition coefficient (Wildman–Crippen LogP) is 2.60. The zero-order valence-corrected chi connectivity index (χ0v) is 9.77. The van der Waals surface area contributed by atoms with E-state index in [0.29, 0.717) is 6.54 Å². The van der Waals surface area contributed by atoms with Crippen molar-refractivity contribution in [3.63, 3.8) is 0 Å². The second-order valence-corrected chi connectivity index (χ2v) is 3.53. The molecule has 2 N–H and O–H groups in total. The Balaban J connectivity index is 0.00000144. The van der Waals surface area contributed by atoms with Gasteiger partial charge in [-0.25, -0.2) is 0 Å². The average Bonchev–Trinajstić information content (AvgIpc) is 2.09. The maximum atomic E-state index is 5.47. The van der Waals surface area contributed by atoms with Crippen LogP contribution in [0, 0.1) is 0 Å². The SMILES string of the molecule is C[C@@H](CN)Oc1ccc(Br)cc1.Cl.